The summed E-state index contributed by atoms with van der Waals surface area (Å²) in [4.78, 5) is 20.6. The van der Waals surface area contributed by atoms with Crippen LogP contribution in [0, 0.1) is 13.8 Å². The third-order valence-corrected chi connectivity index (χ3v) is 5.45. The van der Waals surface area contributed by atoms with Gasteiger partial charge in [-0.25, -0.2) is 4.99 Å². The molecule has 3 rings (SSSR count). The number of hydrogen-bond acceptors (Lipinski definition) is 3. The van der Waals surface area contributed by atoms with Crippen molar-refractivity contribution in [3.8, 4) is 0 Å². The first-order chi connectivity index (χ1) is 14.0. The molecule has 0 spiro atoms. The van der Waals surface area contributed by atoms with Crippen LogP contribution in [-0.4, -0.2) is 64.2 Å². The van der Waals surface area contributed by atoms with Crippen molar-refractivity contribution in [1.29, 1.82) is 0 Å². The van der Waals surface area contributed by atoms with Gasteiger partial charge in [0.1, 0.15) is 0 Å². The number of carbonyl (C=O) groups is 1. The van der Waals surface area contributed by atoms with Crippen molar-refractivity contribution in [2.75, 3.05) is 32.7 Å². The minimum atomic E-state index is 0. The summed E-state index contributed by atoms with van der Waals surface area (Å²) in [5, 5.41) is 8.14. The summed E-state index contributed by atoms with van der Waals surface area (Å²) >= 11 is 0. The molecule has 7 nitrogen and oxygen atoms in total. The van der Waals surface area contributed by atoms with Gasteiger partial charge in [0.05, 0.1) is 18.8 Å². The highest BCUT2D eigenvalue weighted by molar-refractivity contribution is 14.0. The number of nitrogens with one attached hydrogen (secondary N) is 1. The van der Waals surface area contributed by atoms with E-state index in [0.29, 0.717) is 6.54 Å². The highest BCUT2D eigenvalue weighted by atomic mass is 127. The molecule has 164 valence electrons. The normalized spacial score (nSPS) is 14.5. The number of halogens is 1. The number of aliphatic imine (C=N–C) groups is 1. The minimum absolute atomic E-state index is 0. The molecule has 8 heteroatoms. The first-order valence-corrected chi connectivity index (χ1v) is 10.3. The average Bonchev–Trinajstić information content (AvgIpc) is 2.99. The summed E-state index contributed by atoms with van der Waals surface area (Å²) in [6.07, 6.45) is 0. The SMILES string of the molecule is CCNC(=NCc1c(C)nn(Cc2ccccc2)c1C)N1CCN(C(C)=O)CC1.I. The van der Waals surface area contributed by atoms with E-state index in [1.807, 2.05) is 11.0 Å². The Balaban J connectivity index is 0.00000320. The number of rotatable bonds is 5. The number of guanidine groups is 1. The summed E-state index contributed by atoms with van der Waals surface area (Å²) in [6.45, 7) is 13.2. The van der Waals surface area contributed by atoms with Crippen molar-refractivity contribution >= 4 is 35.8 Å². The van der Waals surface area contributed by atoms with Crippen LogP contribution in [0.4, 0.5) is 0 Å². The van der Waals surface area contributed by atoms with Crippen LogP contribution in [-0.2, 0) is 17.9 Å². The Labute approximate surface area is 196 Å². The van der Waals surface area contributed by atoms with Gasteiger partial charge in [0.15, 0.2) is 5.96 Å². The molecule has 1 saturated heterocycles. The van der Waals surface area contributed by atoms with E-state index in [2.05, 4.69) is 59.9 Å². The largest absolute Gasteiger partial charge is 0.357 e. The van der Waals surface area contributed by atoms with Crippen LogP contribution in [0.15, 0.2) is 35.3 Å². The summed E-state index contributed by atoms with van der Waals surface area (Å²) in [5.41, 5.74) is 4.61. The second kappa shape index (κ2) is 11.3. The summed E-state index contributed by atoms with van der Waals surface area (Å²) in [6, 6.07) is 10.4. The van der Waals surface area contributed by atoms with Gasteiger partial charge in [0, 0.05) is 50.9 Å². The molecule has 1 aromatic carbocycles. The van der Waals surface area contributed by atoms with E-state index in [1.54, 1.807) is 6.92 Å². The number of nitrogens with zero attached hydrogens (tertiary/aromatic N) is 5. The molecule has 0 radical (unpaired) electrons. The lowest BCUT2D eigenvalue weighted by atomic mass is 10.2. The standard InChI is InChI=1S/C22H32N6O.HI/c1-5-23-22(27-13-11-26(12-14-27)19(4)29)24-15-21-17(2)25-28(18(21)3)16-20-9-7-6-8-10-20;/h6-10H,5,11-16H2,1-4H3,(H,23,24);1H. The molecule has 0 unspecified atom stereocenters. The second-order valence-electron chi connectivity index (χ2n) is 7.46. The van der Waals surface area contributed by atoms with Crippen LogP contribution in [0.2, 0.25) is 0 Å². The number of aryl methyl sites for hydroxylation is 1. The summed E-state index contributed by atoms with van der Waals surface area (Å²) in [7, 11) is 0. The summed E-state index contributed by atoms with van der Waals surface area (Å²) in [5.74, 6) is 1.05. The molecule has 0 bridgehead atoms. The first kappa shape index (κ1) is 24.2. The monoisotopic (exact) mass is 524 g/mol. The quantitative estimate of drug-likeness (QED) is 0.371. The van der Waals surface area contributed by atoms with E-state index >= 15 is 0 Å². The highest BCUT2D eigenvalue weighted by Crippen LogP contribution is 2.16. The molecule has 2 aromatic rings. The molecule has 30 heavy (non-hydrogen) atoms. The van der Waals surface area contributed by atoms with Gasteiger partial charge in [-0.15, -0.1) is 24.0 Å². The number of benzene rings is 1. The van der Waals surface area contributed by atoms with Gasteiger partial charge in [-0.2, -0.15) is 5.10 Å². The Bertz CT molecular complexity index is 856. The van der Waals surface area contributed by atoms with Crippen molar-refractivity contribution in [1.82, 2.24) is 24.9 Å². The van der Waals surface area contributed by atoms with Gasteiger partial charge >= 0.3 is 0 Å². The topological polar surface area (TPSA) is 65.8 Å². The predicted octanol–water partition coefficient (Wildman–Crippen LogP) is 2.80. The number of carbonyl (C=O) groups excluding carboxylic acids is 1. The van der Waals surface area contributed by atoms with Gasteiger partial charge in [0.2, 0.25) is 5.91 Å². The molecule has 0 atom stereocenters. The number of amides is 1. The molecule has 1 aromatic heterocycles. The van der Waals surface area contributed by atoms with Crippen LogP contribution in [0.1, 0.15) is 36.4 Å². The minimum Gasteiger partial charge on any atom is -0.357 e. The molecule has 1 amide bonds. The van der Waals surface area contributed by atoms with E-state index in [1.165, 1.54) is 11.1 Å². The van der Waals surface area contributed by atoms with Crippen LogP contribution in [0.5, 0.6) is 0 Å². The third kappa shape index (κ3) is 5.96. The fourth-order valence-electron chi connectivity index (χ4n) is 3.69. The van der Waals surface area contributed by atoms with Crippen LogP contribution in [0.3, 0.4) is 0 Å². The van der Waals surface area contributed by atoms with Crippen molar-refractivity contribution in [2.45, 2.75) is 40.8 Å². The van der Waals surface area contributed by atoms with Crippen molar-refractivity contribution in [2.24, 2.45) is 4.99 Å². The molecule has 0 aliphatic carbocycles. The molecule has 1 aliphatic heterocycles. The first-order valence-electron chi connectivity index (χ1n) is 10.3. The highest BCUT2D eigenvalue weighted by Gasteiger charge is 2.21. The van der Waals surface area contributed by atoms with Crippen LogP contribution < -0.4 is 5.32 Å². The van der Waals surface area contributed by atoms with E-state index in [0.717, 1.165) is 56.6 Å². The lowest BCUT2D eigenvalue weighted by molar-refractivity contribution is -0.130. The molecule has 2 heterocycles. The van der Waals surface area contributed by atoms with E-state index < -0.39 is 0 Å². The Morgan fingerprint density at radius 2 is 1.73 bits per heavy atom. The number of piperazine rings is 1. The second-order valence-corrected chi connectivity index (χ2v) is 7.46. The Kier molecular flexibility index (Phi) is 9.13. The fraction of sp³-hybridized carbons (Fsp3) is 0.500. The van der Waals surface area contributed by atoms with Crippen molar-refractivity contribution in [3.05, 3.63) is 52.8 Å². The van der Waals surface area contributed by atoms with Gasteiger partial charge < -0.3 is 15.1 Å². The van der Waals surface area contributed by atoms with Gasteiger partial charge in [-0.3, -0.25) is 9.48 Å². The lowest BCUT2D eigenvalue weighted by Gasteiger charge is -2.36. The fourth-order valence-corrected chi connectivity index (χ4v) is 3.69. The molecular weight excluding hydrogens is 491 g/mol. The Morgan fingerprint density at radius 1 is 1.10 bits per heavy atom. The molecule has 1 fully saturated rings. The maximum Gasteiger partial charge on any atom is 0.219 e. The predicted molar refractivity (Wildman–Crippen MR) is 131 cm³/mol. The Morgan fingerprint density at radius 3 is 2.33 bits per heavy atom. The third-order valence-electron chi connectivity index (χ3n) is 5.45. The van der Waals surface area contributed by atoms with Gasteiger partial charge in [0.25, 0.3) is 0 Å². The van der Waals surface area contributed by atoms with E-state index in [-0.39, 0.29) is 29.9 Å². The molecule has 0 saturated carbocycles. The maximum atomic E-state index is 11.6. The molecule has 1 aliphatic rings. The zero-order valence-electron chi connectivity index (χ0n) is 18.4. The Hall–Kier alpha value is -2.10. The number of aromatic nitrogens is 2. The zero-order valence-corrected chi connectivity index (χ0v) is 20.7. The summed E-state index contributed by atoms with van der Waals surface area (Å²) < 4.78 is 2.06. The molecule has 1 N–H and O–H groups in total. The zero-order chi connectivity index (χ0) is 20.8. The smallest absolute Gasteiger partial charge is 0.219 e. The van der Waals surface area contributed by atoms with Crippen molar-refractivity contribution in [3.63, 3.8) is 0 Å². The van der Waals surface area contributed by atoms with Crippen LogP contribution >= 0.6 is 24.0 Å². The van der Waals surface area contributed by atoms with Crippen molar-refractivity contribution < 1.29 is 4.79 Å². The molecular formula is C22H33IN6O. The number of hydrogen-bond donors (Lipinski definition) is 1. The maximum absolute atomic E-state index is 11.6. The van der Waals surface area contributed by atoms with Gasteiger partial charge in [-0.1, -0.05) is 30.3 Å². The van der Waals surface area contributed by atoms with E-state index in [4.69, 9.17) is 10.1 Å². The van der Waals surface area contributed by atoms with Crippen LogP contribution in [0.25, 0.3) is 0 Å². The average molecular weight is 524 g/mol. The van der Waals surface area contributed by atoms with E-state index in [9.17, 15) is 4.79 Å². The van der Waals surface area contributed by atoms with Gasteiger partial charge in [-0.05, 0) is 26.3 Å². The lowest BCUT2D eigenvalue weighted by Crippen LogP contribution is -2.53.